The molecule has 0 radical (unpaired) electrons. The van der Waals surface area contributed by atoms with Crippen molar-refractivity contribution in [2.45, 2.75) is 32.9 Å². The number of hydrogen-bond donors (Lipinski definition) is 1. The Hall–Kier alpha value is -3.59. The number of primary amides is 1. The number of nitrogens with zero attached hydrogens (tertiary/aromatic N) is 5. The van der Waals surface area contributed by atoms with Gasteiger partial charge in [-0.1, -0.05) is 18.2 Å². The van der Waals surface area contributed by atoms with Gasteiger partial charge in [-0.25, -0.2) is 14.6 Å². The van der Waals surface area contributed by atoms with Crippen molar-refractivity contribution in [1.82, 2.24) is 24.6 Å². The predicted molar refractivity (Wildman–Crippen MR) is 118 cm³/mol. The highest BCUT2D eigenvalue weighted by Crippen LogP contribution is 2.25. The van der Waals surface area contributed by atoms with E-state index >= 15 is 0 Å². The number of morpholine rings is 1. The van der Waals surface area contributed by atoms with Crippen molar-refractivity contribution in [2.75, 3.05) is 19.7 Å². The summed E-state index contributed by atoms with van der Waals surface area (Å²) in [7, 11) is 0. The number of carbonyl (C=O) groups is 2. The molecule has 3 aromatic rings. The maximum Gasteiger partial charge on any atom is 0.248 e. The number of pyridine rings is 1. The second-order valence-corrected chi connectivity index (χ2v) is 7.77. The fourth-order valence-corrected chi connectivity index (χ4v) is 3.78. The normalized spacial score (nSPS) is 16.2. The number of benzene rings is 1. The fourth-order valence-electron chi connectivity index (χ4n) is 3.78. The van der Waals surface area contributed by atoms with Gasteiger partial charge in [-0.2, -0.15) is 5.10 Å². The van der Waals surface area contributed by atoms with Crippen LogP contribution in [0, 0.1) is 13.8 Å². The lowest BCUT2D eigenvalue weighted by Crippen LogP contribution is -2.42. The number of amides is 2. The van der Waals surface area contributed by atoms with Crippen LogP contribution >= 0.6 is 0 Å². The Morgan fingerprint density at radius 3 is 2.59 bits per heavy atom. The van der Waals surface area contributed by atoms with E-state index in [-0.39, 0.29) is 12.0 Å². The van der Waals surface area contributed by atoms with Crippen LogP contribution in [0.4, 0.5) is 0 Å². The largest absolute Gasteiger partial charge is 0.368 e. The molecule has 1 saturated heterocycles. The van der Waals surface area contributed by atoms with Crippen LogP contribution in [-0.4, -0.2) is 56.2 Å². The molecule has 0 bridgehead atoms. The van der Waals surface area contributed by atoms with E-state index in [1.54, 1.807) is 16.8 Å². The molecule has 166 valence electrons. The predicted octanol–water partition coefficient (Wildman–Crippen LogP) is 2.05. The molecule has 2 amide bonds. The van der Waals surface area contributed by atoms with E-state index in [0.29, 0.717) is 44.0 Å². The number of carbonyl (C=O) groups excluding carboxylic acids is 2. The van der Waals surface area contributed by atoms with Crippen LogP contribution in [0.15, 0.2) is 42.5 Å². The number of aryl methyl sites for hydroxylation is 3. The van der Waals surface area contributed by atoms with E-state index in [0.717, 1.165) is 22.8 Å². The van der Waals surface area contributed by atoms with E-state index in [1.165, 1.54) is 0 Å². The minimum absolute atomic E-state index is 0.0593. The van der Waals surface area contributed by atoms with Crippen molar-refractivity contribution in [3.8, 4) is 11.3 Å². The van der Waals surface area contributed by atoms with E-state index in [2.05, 4.69) is 10.1 Å². The summed E-state index contributed by atoms with van der Waals surface area (Å²) in [6.45, 7) is 5.68. The molecule has 0 aliphatic carbocycles. The van der Waals surface area contributed by atoms with Crippen molar-refractivity contribution in [3.05, 3.63) is 65.4 Å². The number of aromatic nitrogens is 4. The fraction of sp³-hybridized carbons (Fsp3) is 0.348. The Labute approximate surface area is 186 Å². The zero-order valence-electron chi connectivity index (χ0n) is 18.2. The zero-order valence-corrected chi connectivity index (χ0v) is 18.2. The Kier molecular flexibility index (Phi) is 6.27. The lowest BCUT2D eigenvalue weighted by Gasteiger charge is -2.33. The molecule has 1 aromatic carbocycles. The van der Waals surface area contributed by atoms with Gasteiger partial charge in [-0.15, -0.1) is 0 Å². The van der Waals surface area contributed by atoms with Crippen molar-refractivity contribution >= 4 is 11.8 Å². The summed E-state index contributed by atoms with van der Waals surface area (Å²) in [5.41, 5.74) is 8.17. The second-order valence-electron chi connectivity index (χ2n) is 7.77. The summed E-state index contributed by atoms with van der Waals surface area (Å²) in [5, 5.41) is 4.32. The standard InChI is InChI=1S/C23H26N6O3/c1-15-25-16(2)29(27-15)11-10-22(30)28-12-13-32-21(14-28)20-5-3-4-19(26-20)17-6-8-18(9-7-17)23(24)31/h3-9,21H,10-14H2,1-2H3,(H2,24,31). The summed E-state index contributed by atoms with van der Waals surface area (Å²) >= 11 is 0. The van der Waals surface area contributed by atoms with Crippen LogP contribution in [0.3, 0.4) is 0 Å². The van der Waals surface area contributed by atoms with Gasteiger partial charge in [-0.05, 0) is 38.1 Å². The lowest BCUT2D eigenvalue weighted by molar-refractivity contribution is -0.139. The molecule has 0 saturated carbocycles. The molecule has 32 heavy (non-hydrogen) atoms. The highest BCUT2D eigenvalue weighted by molar-refractivity contribution is 5.93. The van der Waals surface area contributed by atoms with Gasteiger partial charge in [0, 0.05) is 24.1 Å². The zero-order chi connectivity index (χ0) is 22.7. The quantitative estimate of drug-likeness (QED) is 0.635. The van der Waals surface area contributed by atoms with Crippen LogP contribution < -0.4 is 5.73 Å². The maximum absolute atomic E-state index is 12.8. The molecule has 9 nitrogen and oxygen atoms in total. The van der Waals surface area contributed by atoms with Crippen molar-refractivity contribution < 1.29 is 14.3 Å². The van der Waals surface area contributed by atoms with Gasteiger partial charge in [0.15, 0.2) is 0 Å². The molecular formula is C23H26N6O3. The molecule has 1 aliphatic rings. The first kappa shape index (κ1) is 21.6. The average Bonchev–Trinajstić information content (AvgIpc) is 3.14. The van der Waals surface area contributed by atoms with Crippen LogP contribution in [0.2, 0.25) is 0 Å². The van der Waals surface area contributed by atoms with Gasteiger partial charge in [-0.3, -0.25) is 9.59 Å². The third-order valence-electron chi connectivity index (χ3n) is 5.48. The minimum Gasteiger partial charge on any atom is -0.368 e. The Bertz CT molecular complexity index is 1130. The summed E-state index contributed by atoms with van der Waals surface area (Å²) < 4.78 is 7.69. The molecule has 1 aliphatic heterocycles. The highest BCUT2D eigenvalue weighted by Gasteiger charge is 2.26. The first-order valence-corrected chi connectivity index (χ1v) is 10.6. The molecular weight excluding hydrogens is 408 g/mol. The number of ether oxygens (including phenoxy) is 1. The smallest absolute Gasteiger partial charge is 0.248 e. The van der Waals surface area contributed by atoms with Gasteiger partial charge < -0.3 is 15.4 Å². The summed E-state index contributed by atoms with van der Waals surface area (Å²) in [6.07, 6.45) is 0.0589. The average molecular weight is 435 g/mol. The maximum atomic E-state index is 12.8. The molecule has 2 aromatic heterocycles. The second kappa shape index (κ2) is 9.27. The number of hydrogen-bond acceptors (Lipinski definition) is 6. The van der Waals surface area contributed by atoms with Gasteiger partial charge in [0.2, 0.25) is 11.8 Å². The first-order valence-electron chi connectivity index (χ1n) is 10.6. The van der Waals surface area contributed by atoms with Crippen LogP contribution in [-0.2, 0) is 16.1 Å². The third-order valence-corrected chi connectivity index (χ3v) is 5.48. The SMILES string of the molecule is Cc1nc(C)n(CCC(=O)N2CCOC(c3cccc(-c4ccc(C(N)=O)cc4)n3)C2)n1. The van der Waals surface area contributed by atoms with Gasteiger partial charge in [0.1, 0.15) is 17.8 Å². The highest BCUT2D eigenvalue weighted by atomic mass is 16.5. The minimum atomic E-state index is -0.465. The van der Waals surface area contributed by atoms with Crippen molar-refractivity contribution in [3.63, 3.8) is 0 Å². The van der Waals surface area contributed by atoms with Gasteiger partial charge in [0.05, 0.1) is 31.1 Å². The van der Waals surface area contributed by atoms with E-state index in [9.17, 15) is 9.59 Å². The Morgan fingerprint density at radius 1 is 1.12 bits per heavy atom. The molecule has 3 heterocycles. The van der Waals surface area contributed by atoms with Crippen LogP contribution in [0.1, 0.15) is 40.2 Å². The Balaban J connectivity index is 1.42. The molecule has 1 atom stereocenters. The van der Waals surface area contributed by atoms with E-state index < -0.39 is 5.91 Å². The van der Waals surface area contributed by atoms with Crippen molar-refractivity contribution in [1.29, 1.82) is 0 Å². The third kappa shape index (κ3) is 4.83. The van der Waals surface area contributed by atoms with Crippen LogP contribution in [0.25, 0.3) is 11.3 Å². The van der Waals surface area contributed by atoms with Crippen molar-refractivity contribution in [2.24, 2.45) is 5.73 Å². The summed E-state index contributed by atoms with van der Waals surface area (Å²) in [5.74, 6) is 1.11. The molecule has 9 heteroatoms. The molecule has 0 spiro atoms. The van der Waals surface area contributed by atoms with Gasteiger partial charge in [0.25, 0.3) is 0 Å². The first-order chi connectivity index (χ1) is 15.4. The number of nitrogens with two attached hydrogens (primary N) is 1. The Morgan fingerprint density at radius 2 is 1.91 bits per heavy atom. The molecule has 1 unspecified atom stereocenters. The topological polar surface area (TPSA) is 116 Å². The van der Waals surface area contributed by atoms with E-state index in [1.807, 2.05) is 49.1 Å². The van der Waals surface area contributed by atoms with E-state index in [4.69, 9.17) is 15.5 Å². The summed E-state index contributed by atoms with van der Waals surface area (Å²) in [4.78, 5) is 34.9. The lowest BCUT2D eigenvalue weighted by atomic mass is 10.1. The summed E-state index contributed by atoms with van der Waals surface area (Å²) in [6, 6.07) is 12.7. The number of rotatable bonds is 6. The molecule has 4 rings (SSSR count). The molecule has 1 fully saturated rings. The molecule has 2 N–H and O–H groups in total. The monoisotopic (exact) mass is 434 g/mol. The van der Waals surface area contributed by atoms with Gasteiger partial charge >= 0.3 is 0 Å². The van der Waals surface area contributed by atoms with Crippen LogP contribution in [0.5, 0.6) is 0 Å².